The van der Waals surface area contributed by atoms with E-state index in [2.05, 4.69) is 0 Å². The Morgan fingerprint density at radius 3 is 2.48 bits per heavy atom. The van der Waals surface area contributed by atoms with Gasteiger partial charge in [-0.3, -0.25) is 9.10 Å². The van der Waals surface area contributed by atoms with E-state index in [9.17, 15) is 17.6 Å². The van der Waals surface area contributed by atoms with Crippen LogP contribution < -0.4 is 9.21 Å². The third kappa shape index (κ3) is 3.79. The van der Waals surface area contributed by atoms with E-state index in [0.717, 1.165) is 15.6 Å². The lowest BCUT2D eigenvalue weighted by Gasteiger charge is -2.24. The van der Waals surface area contributed by atoms with Crippen molar-refractivity contribution >= 4 is 38.9 Å². The predicted octanol–water partition coefficient (Wildman–Crippen LogP) is 4.90. The van der Waals surface area contributed by atoms with Crippen molar-refractivity contribution in [2.24, 2.45) is 0 Å². The van der Waals surface area contributed by atoms with E-state index in [1.807, 2.05) is 31.2 Å². The maximum atomic E-state index is 13.4. The Labute approximate surface area is 185 Å². The predicted molar refractivity (Wildman–Crippen MR) is 120 cm³/mol. The average molecular weight is 459 g/mol. The van der Waals surface area contributed by atoms with Crippen LogP contribution in [0.1, 0.15) is 22.8 Å². The Hall–Kier alpha value is -2.90. The maximum absolute atomic E-state index is 13.4. The largest absolute Gasteiger partial charge is 0.305 e. The van der Waals surface area contributed by atoms with Gasteiger partial charge in [-0.05, 0) is 67.4 Å². The second-order valence-corrected chi connectivity index (χ2v) is 9.82. The number of anilines is 2. The molecule has 3 aromatic carbocycles. The highest BCUT2D eigenvalue weighted by molar-refractivity contribution is 7.92. The lowest BCUT2D eigenvalue weighted by molar-refractivity contribution is 0.0981. The van der Waals surface area contributed by atoms with Crippen molar-refractivity contribution in [2.75, 3.05) is 16.3 Å². The Morgan fingerprint density at radius 2 is 1.77 bits per heavy atom. The van der Waals surface area contributed by atoms with Crippen LogP contribution >= 0.6 is 11.6 Å². The summed E-state index contributed by atoms with van der Waals surface area (Å²) in [7, 11) is -2.62. The van der Waals surface area contributed by atoms with Crippen molar-refractivity contribution in [1.29, 1.82) is 0 Å². The highest BCUT2D eigenvalue weighted by atomic mass is 35.5. The molecule has 1 heterocycles. The van der Waals surface area contributed by atoms with Crippen LogP contribution in [0.4, 0.5) is 15.8 Å². The van der Waals surface area contributed by atoms with E-state index in [0.29, 0.717) is 12.1 Å². The lowest BCUT2D eigenvalue weighted by Crippen LogP contribution is -2.36. The number of carbonyl (C=O) groups is 1. The summed E-state index contributed by atoms with van der Waals surface area (Å²) in [5, 5.41) is 0.171. The number of carbonyl (C=O) groups excluding carboxylic acids is 1. The van der Waals surface area contributed by atoms with Gasteiger partial charge in [0.2, 0.25) is 0 Å². The van der Waals surface area contributed by atoms with Gasteiger partial charge in [0, 0.05) is 18.8 Å². The molecular weight excluding hydrogens is 439 g/mol. The fourth-order valence-electron chi connectivity index (χ4n) is 3.78. The number of rotatable bonds is 4. The molecule has 0 saturated carbocycles. The van der Waals surface area contributed by atoms with E-state index >= 15 is 0 Å². The molecule has 31 heavy (non-hydrogen) atoms. The molecule has 5 nitrogen and oxygen atoms in total. The first-order valence-electron chi connectivity index (χ1n) is 9.65. The molecule has 0 aliphatic carbocycles. The standard InChI is InChI=1S/C23H20ClFN2O3S/c1-15-13-16-5-3-4-6-22(16)27(15)23(28)20-14-19(11-12-21(20)24)31(29,30)26(2)18-9-7-17(25)8-10-18/h3-12,14-15H,13H2,1-2H3. The fourth-order valence-corrected chi connectivity index (χ4v) is 5.20. The zero-order valence-electron chi connectivity index (χ0n) is 16.9. The number of sulfonamides is 1. The molecule has 1 amide bonds. The van der Waals surface area contributed by atoms with Crippen molar-refractivity contribution < 1.29 is 17.6 Å². The molecule has 0 fully saturated rings. The molecule has 0 spiro atoms. The first-order chi connectivity index (χ1) is 14.7. The van der Waals surface area contributed by atoms with Gasteiger partial charge < -0.3 is 4.90 Å². The van der Waals surface area contributed by atoms with Crippen LogP contribution in [-0.4, -0.2) is 27.4 Å². The van der Waals surface area contributed by atoms with Gasteiger partial charge in [0.1, 0.15) is 5.82 Å². The number of fused-ring (bicyclic) bond motifs is 1. The molecule has 0 radical (unpaired) electrons. The average Bonchev–Trinajstić information content (AvgIpc) is 3.09. The first kappa shape index (κ1) is 21.3. The van der Waals surface area contributed by atoms with Crippen LogP contribution in [-0.2, 0) is 16.4 Å². The Balaban J connectivity index is 1.72. The normalized spacial score (nSPS) is 15.6. The zero-order chi connectivity index (χ0) is 22.3. The van der Waals surface area contributed by atoms with E-state index in [1.165, 1.54) is 49.5 Å². The highest BCUT2D eigenvalue weighted by Gasteiger charge is 2.33. The molecule has 1 aliphatic heterocycles. The van der Waals surface area contributed by atoms with Gasteiger partial charge >= 0.3 is 0 Å². The number of hydrogen-bond donors (Lipinski definition) is 0. The maximum Gasteiger partial charge on any atom is 0.264 e. The van der Waals surface area contributed by atoms with E-state index in [1.54, 1.807) is 4.90 Å². The molecular formula is C23H20ClFN2O3S. The molecule has 0 bridgehead atoms. The molecule has 3 aromatic rings. The second-order valence-electron chi connectivity index (χ2n) is 7.45. The number of halogens is 2. The monoisotopic (exact) mass is 458 g/mol. The molecule has 1 atom stereocenters. The number of hydrogen-bond acceptors (Lipinski definition) is 3. The van der Waals surface area contributed by atoms with Gasteiger partial charge in [-0.2, -0.15) is 0 Å². The molecule has 1 aliphatic rings. The van der Waals surface area contributed by atoms with Crippen LogP contribution in [0.25, 0.3) is 0 Å². The molecule has 0 N–H and O–H groups in total. The highest BCUT2D eigenvalue weighted by Crippen LogP contribution is 2.35. The first-order valence-corrected chi connectivity index (χ1v) is 11.5. The third-order valence-corrected chi connectivity index (χ3v) is 7.55. The minimum atomic E-state index is -3.99. The molecule has 0 saturated heterocycles. The summed E-state index contributed by atoms with van der Waals surface area (Å²) in [4.78, 5) is 15.0. The molecule has 160 valence electrons. The molecule has 8 heteroatoms. The minimum absolute atomic E-state index is 0.0767. The smallest absolute Gasteiger partial charge is 0.264 e. The van der Waals surface area contributed by atoms with Crippen LogP contribution in [0.3, 0.4) is 0 Å². The van der Waals surface area contributed by atoms with Crippen LogP contribution in [0.5, 0.6) is 0 Å². The second kappa shape index (κ2) is 7.98. The van der Waals surface area contributed by atoms with Gasteiger partial charge in [-0.25, -0.2) is 12.8 Å². The summed E-state index contributed by atoms with van der Waals surface area (Å²) in [6, 6.07) is 16.7. The number of nitrogens with zero attached hydrogens (tertiary/aromatic N) is 2. The van der Waals surface area contributed by atoms with Crippen molar-refractivity contribution in [3.63, 3.8) is 0 Å². The van der Waals surface area contributed by atoms with Crippen LogP contribution in [0.2, 0.25) is 5.02 Å². The third-order valence-electron chi connectivity index (χ3n) is 5.44. The Kier molecular flexibility index (Phi) is 5.49. The topological polar surface area (TPSA) is 57.7 Å². The van der Waals surface area contributed by atoms with Gasteiger partial charge in [-0.15, -0.1) is 0 Å². The van der Waals surface area contributed by atoms with Gasteiger partial charge in [0.25, 0.3) is 15.9 Å². The van der Waals surface area contributed by atoms with E-state index < -0.39 is 15.8 Å². The summed E-state index contributed by atoms with van der Waals surface area (Å²) in [5.74, 6) is -0.821. The van der Waals surface area contributed by atoms with Crippen molar-refractivity contribution in [1.82, 2.24) is 0 Å². The Morgan fingerprint density at radius 1 is 1.10 bits per heavy atom. The molecule has 0 aromatic heterocycles. The fraction of sp³-hybridized carbons (Fsp3) is 0.174. The molecule has 4 rings (SSSR count). The molecule has 1 unspecified atom stereocenters. The minimum Gasteiger partial charge on any atom is -0.305 e. The summed E-state index contributed by atoms with van der Waals surface area (Å²) >= 11 is 6.31. The quantitative estimate of drug-likeness (QED) is 0.559. The number of amides is 1. The van der Waals surface area contributed by atoms with Crippen molar-refractivity contribution in [2.45, 2.75) is 24.3 Å². The summed E-state index contributed by atoms with van der Waals surface area (Å²) in [5.41, 5.74) is 2.26. The Bertz CT molecular complexity index is 1260. The van der Waals surface area contributed by atoms with Gasteiger partial charge in [0.15, 0.2) is 0 Å². The zero-order valence-corrected chi connectivity index (χ0v) is 18.5. The van der Waals surface area contributed by atoms with Gasteiger partial charge in [-0.1, -0.05) is 29.8 Å². The SMILES string of the molecule is CC1Cc2ccccc2N1C(=O)c1cc(S(=O)(=O)N(C)c2ccc(F)cc2)ccc1Cl. The number of benzene rings is 3. The van der Waals surface area contributed by atoms with Crippen LogP contribution in [0.15, 0.2) is 71.6 Å². The van der Waals surface area contributed by atoms with E-state index in [-0.39, 0.29) is 27.4 Å². The van der Waals surface area contributed by atoms with Crippen molar-refractivity contribution in [3.8, 4) is 0 Å². The van der Waals surface area contributed by atoms with E-state index in [4.69, 9.17) is 11.6 Å². The summed E-state index contributed by atoms with van der Waals surface area (Å²) in [6.45, 7) is 1.94. The van der Waals surface area contributed by atoms with Crippen molar-refractivity contribution in [3.05, 3.63) is 88.7 Å². The van der Waals surface area contributed by atoms with Gasteiger partial charge in [0.05, 0.1) is 21.2 Å². The summed E-state index contributed by atoms with van der Waals surface area (Å²) in [6.07, 6.45) is 0.713. The summed E-state index contributed by atoms with van der Waals surface area (Å²) < 4.78 is 40.6. The lowest BCUT2D eigenvalue weighted by atomic mass is 10.1. The van der Waals surface area contributed by atoms with Crippen LogP contribution in [0, 0.1) is 5.82 Å². The number of para-hydroxylation sites is 1.